The first-order valence-electron chi connectivity index (χ1n) is 16.1. The van der Waals surface area contributed by atoms with Crippen molar-refractivity contribution in [3.05, 3.63) is 0 Å². The number of aliphatic hydroxyl groups is 3. The molecule has 7 nitrogen and oxygen atoms in total. The third kappa shape index (κ3) is 25.0. The Morgan fingerprint density at radius 1 is 0.421 bits per heavy atom. The first-order valence-corrected chi connectivity index (χ1v) is 17.5. The molecule has 0 aliphatic carbocycles. The van der Waals surface area contributed by atoms with E-state index in [1.165, 1.54) is 77.0 Å². The highest BCUT2D eigenvalue weighted by Gasteiger charge is 2.35. The number of phosphoric acid groups is 1. The zero-order chi connectivity index (χ0) is 28.3. The van der Waals surface area contributed by atoms with Crippen molar-refractivity contribution in [3.8, 4) is 0 Å². The lowest BCUT2D eigenvalue weighted by Crippen LogP contribution is -2.21. The van der Waals surface area contributed by atoms with Gasteiger partial charge in [0.15, 0.2) is 18.9 Å². The summed E-state index contributed by atoms with van der Waals surface area (Å²) in [5.74, 6) is 0. The minimum absolute atomic E-state index is 0.298. The quantitative estimate of drug-likeness (QED) is 0.0451. The zero-order valence-corrected chi connectivity index (χ0v) is 26.0. The molecule has 0 rings (SSSR count). The van der Waals surface area contributed by atoms with Crippen LogP contribution in [0.25, 0.3) is 0 Å². The standard InChI is InChI=1S/C30H63O7P/c1-4-7-10-13-16-19-22-25-28(31)35-38(34,36-29(32)26-23-20-17-14-11-8-5-2)37-30(33)27-24-21-18-15-12-9-6-3/h28-33H,4-27H2,1-3H3. The van der Waals surface area contributed by atoms with Crippen LogP contribution in [0.1, 0.15) is 175 Å². The molecule has 0 amide bonds. The summed E-state index contributed by atoms with van der Waals surface area (Å²) in [7, 11) is -4.35. The van der Waals surface area contributed by atoms with E-state index >= 15 is 0 Å². The Balaban J connectivity index is 4.59. The molecule has 0 aliphatic heterocycles. The molecule has 0 saturated carbocycles. The summed E-state index contributed by atoms with van der Waals surface area (Å²) in [6.45, 7) is 6.56. The highest BCUT2D eigenvalue weighted by atomic mass is 31.2. The fourth-order valence-corrected chi connectivity index (χ4v) is 5.87. The highest BCUT2D eigenvalue weighted by Crippen LogP contribution is 2.53. The van der Waals surface area contributed by atoms with Crippen molar-refractivity contribution in [2.45, 2.75) is 194 Å². The molecule has 3 unspecified atom stereocenters. The van der Waals surface area contributed by atoms with Crippen molar-refractivity contribution >= 4 is 7.82 Å². The Morgan fingerprint density at radius 2 is 0.632 bits per heavy atom. The molecular formula is C30H63O7P. The number of unbranched alkanes of at least 4 members (excludes halogenated alkanes) is 18. The van der Waals surface area contributed by atoms with Gasteiger partial charge in [0.2, 0.25) is 0 Å². The Labute approximate surface area is 235 Å². The lowest BCUT2D eigenvalue weighted by Gasteiger charge is -2.25. The third-order valence-corrected chi connectivity index (χ3v) is 8.42. The van der Waals surface area contributed by atoms with Crippen LogP contribution in [0.4, 0.5) is 0 Å². The van der Waals surface area contributed by atoms with Gasteiger partial charge in [-0.25, -0.2) is 4.57 Å². The maximum atomic E-state index is 13.3. The van der Waals surface area contributed by atoms with Crippen molar-refractivity contribution in [2.24, 2.45) is 0 Å². The fraction of sp³-hybridized carbons (Fsp3) is 1.00. The van der Waals surface area contributed by atoms with Gasteiger partial charge in [0.1, 0.15) is 0 Å². The predicted molar refractivity (Wildman–Crippen MR) is 157 cm³/mol. The van der Waals surface area contributed by atoms with Crippen molar-refractivity contribution in [1.82, 2.24) is 0 Å². The molecule has 0 spiro atoms. The monoisotopic (exact) mass is 566 g/mol. The lowest BCUT2D eigenvalue weighted by atomic mass is 10.1. The van der Waals surface area contributed by atoms with Crippen LogP contribution in [0, 0.1) is 0 Å². The summed E-state index contributed by atoms with van der Waals surface area (Å²) >= 11 is 0. The summed E-state index contributed by atoms with van der Waals surface area (Å²) in [5, 5.41) is 31.1. The molecule has 0 aromatic heterocycles. The molecule has 0 aliphatic rings. The molecule has 0 fully saturated rings. The van der Waals surface area contributed by atoms with Crippen LogP contribution in [0.5, 0.6) is 0 Å². The summed E-state index contributed by atoms with van der Waals surface area (Å²) < 4.78 is 29.3. The second-order valence-electron chi connectivity index (χ2n) is 10.9. The van der Waals surface area contributed by atoms with Crippen LogP contribution >= 0.6 is 7.82 Å². The smallest absolute Gasteiger partial charge is 0.367 e. The van der Waals surface area contributed by atoms with Gasteiger partial charge in [-0.3, -0.25) is 13.6 Å². The second kappa shape index (κ2) is 27.2. The molecule has 3 atom stereocenters. The average Bonchev–Trinajstić information content (AvgIpc) is 2.86. The van der Waals surface area contributed by atoms with E-state index in [4.69, 9.17) is 13.6 Å². The van der Waals surface area contributed by atoms with Crippen LogP contribution in [-0.2, 0) is 18.1 Å². The number of phosphoric ester groups is 1. The SMILES string of the molecule is CCCCCCCCCC(O)OP(=O)(OC(O)CCCCCCCCC)OC(O)CCCCCCCCC. The Kier molecular flexibility index (Phi) is 27.2. The van der Waals surface area contributed by atoms with Gasteiger partial charge in [-0.05, 0) is 38.5 Å². The van der Waals surface area contributed by atoms with E-state index in [9.17, 15) is 19.9 Å². The van der Waals surface area contributed by atoms with Gasteiger partial charge in [0.05, 0.1) is 0 Å². The summed E-state index contributed by atoms with van der Waals surface area (Å²) in [4.78, 5) is 0. The van der Waals surface area contributed by atoms with Gasteiger partial charge in [-0.1, -0.05) is 136 Å². The zero-order valence-electron chi connectivity index (χ0n) is 25.1. The van der Waals surface area contributed by atoms with Gasteiger partial charge in [0.25, 0.3) is 0 Å². The van der Waals surface area contributed by atoms with Crippen molar-refractivity contribution < 1.29 is 33.5 Å². The maximum absolute atomic E-state index is 13.3. The number of rotatable bonds is 30. The topological polar surface area (TPSA) is 105 Å². The molecule has 0 aromatic rings. The van der Waals surface area contributed by atoms with Gasteiger partial charge >= 0.3 is 7.82 Å². The minimum Gasteiger partial charge on any atom is -0.367 e. The Bertz CT molecular complexity index is 463. The fourth-order valence-electron chi connectivity index (χ4n) is 4.51. The largest absolute Gasteiger partial charge is 0.481 e. The van der Waals surface area contributed by atoms with Gasteiger partial charge in [0, 0.05) is 0 Å². The Hall–Kier alpha value is -0.0100. The summed E-state index contributed by atoms with van der Waals surface area (Å²) in [6.07, 6.45) is 19.7. The highest BCUT2D eigenvalue weighted by molar-refractivity contribution is 7.48. The molecular weight excluding hydrogens is 503 g/mol. The number of aliphatic hydroxyl groups excluding tert-OH is 3. The van der Waals surface area contributed by atoms with Crippen LogP contribution < -0.4 is 0 Å². The van der Waals surface area contributed by atoms with Gasteiger partial charge in [-0.15, -0.1) is 0 Å². The molecule has 0 radical (unpaired) electrons. The van der Waals surface area contributed by atoms with Crippen LogP contribution in [0.3, 0.4) is 0 Å². The molecule has 230 valence electrons. The Morgan fingerprint density at radius 3 is 0.868 bits per heavy atom. The number of hydrogen-bond donors (Lipinski definition) is 3. The third-order valence-electron chi connectivity index (χ3n) is 6.92. The molecule has 38 heavy (non-hydrogen) atoms. The summed E-state index contributed by atoms with van der Waals surface area (Å²) in [5.41, 5.74) is 0. The van der Waals surface area contributed by atoms with E-state index in [2.05, 4.69) is 20.8 Å². The van der Waals surface area contributed by atoms with Gasteiger partial charge < -0.3 is 15.3 Å². The molecule has 0 aromatic carbocycles. The van der Waals surface area contributed by atoms with Crippen LogP contribution in [-0.4, -0.2) is 34.2 Å². The lowest BCUT2D eigenvalue weighted by molar-refractivity contribution is -0.123. The molecule has 8 heteroatoms. The number of hydrogen-bond acceptors (Lipinski definition) is 7. The second-order valence-corrected chi connectivity index (χ2v) is 12.4. The van der Waals surface area contributed by atoms with Gasteiger partial charge in [-0.2, -0.15) is 0 Å². The molecule has 0 bridgehead atoms. The van der Waals surface area contributed by atoms with E-state index in [0.29, 0.717) is 19.3 Å². The average molecular weight is 567 g/mol. The predicted octanol–water partition coefficient (Wildman–Crippen LogP) is 9.52. The van der Waals surface area contributed by atoms with Crippen molar-refractivity contribution in [3.63, 3.8) is 0 Å². The molecule has 3 N–H and O–H groups in total. The summed E-state index contributed by atoms with van der Waals surface area (Å²) in [6, 6.07) is 0. The van der Waals surface area contributed by atoms with Crippen molar-refractivity contribution in [2.75, 3.05) is 0 Å². The van der Waals surface area contributed by atoms with Crippen LogP contribution in [0.2, 0.25) is 0 Å². The van der Waals surface area contributed by atoms with Crippen LogP contribution in [0.15, 0.2) is 0 Å². The molecule has 0 saturated heterocycles. The normalized spacial score (nSPS) is 15.8. The molecule has 0 heterocycles. The minimum atomic E-state index is -4.35. The first kappa shape index (κ1) is 38.0. The van der Waals surface area contributed by atoms with E-state index in [1.807, 2.05) is 0 Å². The first-order chi connectivity index (χ1) is 18.4. The maximum Gasteiger partial charge on any atom is 0.481 e. The van der Waals surface area contributed by atoms with E-state index in [-0.39, 0.29) is 0 Å². The van der Waals surface area contributed by atoms with E-state index < -0.39 is 26.7 Å². The van der Waals surface area contributed by atoms with E-state index in [1.54, 1.807) is 0 Å². The van der Waals surface area contributed by atoms with Crippen molar-refractivity contribution in [1.29, 1.82) is 0 Å². The van der Waals surface area contributed by atoms with E-state index in [0.717, 1.165) is 57.8 Å².